The number of aromatic nitrogens is 2. The van der Waals surface area contributed by atoms with Crippen LogP contribution in [0.25, 0.3) is 11.5 Å². The van der Waals surface area contributed by atoms with Gasteiger partial charge in [0.1, 0.15) is 0 Å². The van der Waals surface area contributed by atoms with Crippen LogP contribution in [0.2, 0.25) is 0 Å². The van der Waals surface area contributed by atoms with E-state index in [2.05, 4.69) is 37.9 Å². The van der Waals surface area contributed by atoms with E-state index in [1.165, 1.54) is 18.4 Å². The predicted octanol–water partition coefficient (Wildman–Crippen LogP) is 3.42. The number of carbonyl (C=O) groups is 1. The third kappa shape index (κ3) is 6.68. The van der Waals surface area contributed by atoms with Crippen LogP contribution in [0.1, 0.15) is 50.4 Å². The summed E-state index contributed by atoms with van der Waals surface area (Å²) < 4.78 is 5.30. The topological polar surface area (TPSA) is 95.6 Å². The minimum Gasteiger partial charge on any atom is -0.356 e. The number of benzene rings is 1. The molecule has 1 aliphatic heterocycles. The van der Waals surface area contributed by atoms with Crippen molar-refractivity contribution in [1.82, 2.24) is 25.7 Å². The lowest BCUT2D eigenvalue weighted by molar-refractivity contribution is -0.134. The first-order valence-electron chi connectivity index (χ1n) is 11.8. The molecule has 2 heterocycles. The van der Waals surface area contributed by atoms with Crippen LogP contribution in [0.15, 0.2) is 33.8 Å². The van der Waals surface area contributed by atoms with Crippen LogP contribution in [0.4, 0.5) is 0 Å². The molecule has 180 valence electrons. The summed E-state index contributed by atoms with van der Waals surface area (Å²) in [7, 11) is 1.79. The summed E-state index contributed by atoms with van der Waals surface area (Å²) in [6.45, 7) is 4.40. The third-order valence-corrected chi connectivity index (χ3v) is 6.46. The highest BCUT2D eigenvalue weighted by atomic mass is 127. The number of rotatable bonds is 7. The highest BCUT2D eigenvalue weighted by Crippen LogP contribution is 2.27. The number of hydrogen-bond donors (Lipinski definition) is 2. The Balaban J connectivity index is 0.00000306. The fourth-order valence-corrected chi connectivity index (χ4v) is 4.55. The number of nitrogens with zero attached hydrogens (tertiary/aromatic N) is 4. The third-order valence-electron chi connectivity index (χ3n) is 6.46. The van der Waals surface area contributed by atoms with Gasteiger partial charge in [0.05, 0.1) is 0 Å². The first-order valence-corrected chi connectivity index (χ1v) is 11.8. The standard InChI is InChI=1S/C24H34N6O2.HI/c1-3-21-28-22(32-29-21)18-10-8-17(9-11-18)12-14-26-24(25-2)27-20-13-15-30(16-20)23(31)19-6-4-5-7-19;/h8-11,19-20H,3-7,12-16H2,1-2H3,(H2,25,26,27);1H. The summed E-state index contributed by atoms with van der Waals surface area (Å²) in [4.78, 5) is 23.4. The number of nitrogens with one attached hydrogen (secondary N) is 2. The van der Waals surface area contributed by atoms with Gasteiger partial charge in [-0.25, -0.2) is 0 Å². The normalized spacial score (nSPS) is 18.9. The summed E-state index contributed by atoms with van der Waals surface area (Å²) in [5.74, 6) is 2.68. The van der Waals surface area contributed by atoms with E-state index in [-0.39, 0.29) is 35.9 Å². The predicted molar refractivity (Wildman–Crippen MR) is 140 cm³/mol. The molecule has 0 radical (unpaired) electrons. The van der Waals surface area contributed by atoms with Crippen molar-refractivity contribution in [2.45, 2.75) is 57.9 Å². The molecule has 1 unspecified atom stereocenters. The number of amides is 1. The van der Waals surface area contributed by atoms with Gasteiger partial charge in [-0.1, -0.05) is 37.1 Å². The molecule has 0 bridgehead atoms. The molecule has 2 aromatic rings. The molecule has 9 heteroatoms. The van der Waals surface area contributed by atoms with Crippen LogP contribution in [0, 0.1) is 5.92 Å². The SMILES string of the molecule is CCc1noc(-c2ccc(CCNC(=NC)NC3CCN(C(=O)C4CCCC4)C3)cc2)n1.I. The maximum absolute atomic E-state index is 12.6. The molecule has 1 atom stereocenters. The fraction of sp³-hybridized carbons (Fsp3) is 0.583. The van der Waals surface area contributed by atoms with Gasteiger partial charge >= 0.3 is 0 Å². The zero-order valence-corrected chi connectivity index (χ0v) is 21.9. The van der Waals surface area contributed by atoms with Crippen LogP contribution in [0.3, 0.4) is 0 Å². The van der Waals surface area contributed by atoms with Gasteiger partial charge in [0.15, 0.2) is 11.8 Å². The second-order valence-electron chi connectivity index (χ2n) is 8.71. The van der Waals surface area contributed by atoms with Gasteiger partial charge in [-0.2, -0.15) is 4.98 Å². The van der Waals surface area contributed by atoms with Crippen LogP contribution < -0.4 is 10.6 Å². The largest absolute Gasteiger partial charge is 0.356 e. The zero-order chi connectivity index (χ0) is 22.3. The molecule has 2 N–H and O–H groups in total. The van der Waals surface area contributed by atoms with Gasteiger partial charge in [0.25, 0.3) is 5.89 Å². The molecule has 1 saturated carbocycles. The quantitative estimate of drug-likeness (QED) is 0.303. The van der Waals surface area contributed by atoms with E-state index in [4.69, 9.17) is 4.52 Å². The Morgan fingerprint density at radius 2 is 1.97 bits per heavy atom. The monoisotopic (exact) mass is 566 g/mol. The Labute approximate surface area is 213 Å². The molecule has 1 aliphatic carbocycles. The van der Waals surface area contributed by atoms with Gasteiger partial charge < -0.3 is 20.1 Å². The lowest BCUT2D eigenvalue weighted by Gasteiger charge is -2.21. The number of halogens is 1. The molecule has 1 aromatic heterocycles. The maximum Gasteiger partial charge on any atom is 0.257 e. The molecule has 0 spiro atoms. The van der Waals surface area contributed by atoms with Gasteiger partial charge in [-0.05, 0) is 43.4 Å². The van der Waals surface area contributed by atoms with Crippen molar-refractivity contribution < 1.29 is 9.32 Å². The van der Waals surface area contributed by atoms with Crippen molar-refractivity contribution in [1.29, 1.82) is 0 Å². The van der Waals surface area contributed by atoms with Crippen molar-refractivity contribution in [3.8, 4) is 11.5 Å². The van der Waals surface area contributed by atoms with Crippen LogP contribution in [-0.2, 0) is 17.6 Å². The van der Waals surface area contributed by atoms with Crippen LogP contribution >= 0.6 is 24.0 Å². The van der Waals surface area contributed by atoms with E-state index in [1.54, 1.807) is 7.05 Å². The number of carbonyl (C=O) groups excluding carboxylic acids is 1. The first-order chi connectivity index (χ1) is 15.7. The second-order valence-corrected chi connectivity index (χ2v) is 8.71. The number of likely N-dealkylation sites (tertiary alicyclic amines) is 1. The van der Waals surface area contributed by atoms with E-state index >= 15 is 0 Å². The molecule has 2 fully saturated rings. The van der Waals surface area contributed by atoms with Gasteiger partial charge in [-0.3, -0.25) is 9.79 Å². The summed E-state index contributed by atoms with van der Waals surface area (Å²) in [6.07, 6.45) is 7.12. The summed E-state index contributed by atoms with van der Waals surface area (Å²) in [6, 6.07) is 8.47. The van der Waals surface area contributed by atoms with Gasteiger partial charge in [0, 0.05) is 50.6 Å². The summed E-state index contributed by atoms with van der Waals surface area (Å²) in [5.41, 5.74) is 2.16. The highest BCUT2D eigenvalue weighted by Gasteiger charge is 2.32. The Bertz CT molecular complexity index is 923. The Kier molecular flexibility index (Phi) is 9.52. The van der Waals surface area contributed by atoms with E-state index in [9.17, 15) is 4.79 Å². The maximum atomic E-state index is 12.6. The first kappa shape index (κ1) is 25.5. The minimum atomic E-state index is 0. The number of guanidine groups is 1. The lowest BCUT2D eigenvalue weighted by Crippen LogP contribution is -2.45. The lowest BCUT2D eigenvalue weighted by atomic mass is 10.1. The van der Waals surface area contributed by atoms with Crippen LogP contribution in [0.5, 0.6) is 0 Å². The Hall–Kier alpha value is -2.17. The Morgan fingerprint density at radius 1 is 1.21 bits per heavy atom. The van der Waals surface area contributed by atoms with Crippen molar-refractivity contribution in [3.05, 3.63) is 35.7 Å². The minimum absolute atomic E-state index is 0. The van der Waals surface area contributed by atoms with Crippen molar-refractivity contribution in [3.63, 3.8) is 0 Å². The second kappa shape index (κ2) is 12.3. The van der Waals surface area contributed by atoms with E-state index in [0.717, 1.165) is 69.1 Å². The average molecular weight is 566 g/mol. The molecule has 1 saturated heterocycles. The smallest absolute Gasteiger partial charge is 0.257 e. The van der Waals surface area contributed by atoms with Crippen molar-refractivity contribution >= 4 is 35.8 Å². The molecule has 1 aromatic carbocycles. The number of aliphatic imine (C=N–C) groups is 1. The van der Waals surface area contributed by atoms with Gasteiger partial charge in [0.2, 0.25) is 5.91 Å². The molecule has 2 aliphatic rings. The average Bonchev–Trinajstić information content (AvgIpc) is 3.60. The van der Waals surface area contributed by atoms with E-state index in [0.29, 0.717) is 11.8 Å². The van der Waals surface area contributed by atoms with Crippen molar-refractivity contribution in [2.75, 3.05) is 26.7 Å². The number of aryl methyl sites for hydroxylation is 1. The zero-order valence-electron chi connectivity index (χ0n) is 19.5. The molecule has 33 heavy (non-hydrogen) atoms. The molecule has 1 amide bonds. The fourth-order valence-electron chi connectivity index (χ4n) is 4.55. The molecule has 8 nitrogen and oxygen atoms in total. The number of hydrogen-bond acceptors (Lipinski definition) is 5. The Morgan fingerprint density at radius 3 is 2.64 bits per heavy atom. The molecular weight excluding hydrogens is 531 g/mol. The van der Waals surface area contributed by atoms with Gasteiger partial charge in [-0.15, -0.1) is 24.0 Å². The molecular formula is C24H35IN6O2. The van der Waals surface area contributed by atoms with Crippen LogP contribution in [-0.4, -0.2) is 59.6 Å². The molecule has 4 rings (SSSR count). The van der Waals surface area contributed by atoms with E-state index < -0.39 is 0 Å². The highest BCUT2D eigenvalue weighted by molar-refractivity contribution is 14.0. The summed E-state index contributed by atoms with van der Waals surface area (Å²) in [5, 5.41) is 10.8. The van der Waals surface area contributed by atoms with Crippen molar-refractivity contribution in [2.24, 2.45) is 10.9 Å². The summed E-state index contributed by atoms with van der Waals surface area (Å²) >= 11 is 0. The van der Waals surface area contributed by atoms with E-state index in [1.807, 2.05) is 24.0 Å².